The van der Waals surface area contributed by atoms with Crippen LogP contribution in [0.4, 0.5) is 0 Å². The Kier molecular flexibility index (Phi) is 3.55. The van der Waals surface area contributed by atoms with E-state index in [0.29, 0.717) is 23.8 Å². The first kappa shape index (κ1) is 13.2. The summed E-state index contributed by atoms with van der Waals surface area (Å²) < 4.78 is 10.9. The van der Waals surface area contributed by atoms with Crippen molar-refractivity contribution in [3.05, 3.63) is 54.7 Å². The Balaban J connectivity index is 1.78. The molecule has 21 heavy (non-hydrogen) atoms. The maximum atomic E-state index is 11.6. The number of carbonyl (C=O) groups excluding carboxylic acids is 1. The molecule has 0 radical (unpaired) electrons. The second-order valence-electron chi connectivity index (χ2n) is 4.60. The Labute approximate surface area is 121 Å². The summed E-state index contributed by atoms with van der Waals surface area (Å²) in [7, 11) is 0. The van der Waals surface area contributed by atoms with Gasteiger partial charge in [0, 0.05) is 18.0 Å². The fourth-order valence-corrected chi connectivity index (χ4v) is 2.03. The lowest BCUT2D eigenvalue weighted by Crippen LogP contribution is -2.24. The van der Waals surface area contributed by atoms with Gasteiger partial charge in [0.1, 0.15) is 5.58 Å². The topological polar surface area (TPSA) is 68.3 Å². The van der Waals surface area contributed by atoms with Crippen LogP contribution in [-0.4, -0.2) is 17.6 Å². The van der Waals surface area contributed by atoms with Crippen molar-refractivity contribution in [2.75, 3.05) is 6.54 Å². The number of amides is 1. The number of hydrogen-bond donors (Lipinski definition) is 1. The molecule has 1 aromatic carbocycles. The van der Waals surface area contributed by atoms with Crippen LogP contribution in [-0.2, 0) is 11.2 Å². The lowest BCUT2D eigenvalue weighted by Gasteiger charge is -1.97. The van der Waals surface area contributed by atoms with E-state index in [9.17, 15) is 4.79 Å². The summed E-state index contributed by atoms with van der Waals surface area (Å²) in [6.07, 6.45) is 1.79. The van der Waals surface area contributed by atoms with Gasteiger partial charge in [-0.3, -0.25) is 4.79 Å². The van der Waals surface area contributed by atoms with E-state index in [-0.39, 0.29) is 12.3 Å². The molecule has 106 valence electrons. The van der Waals surface area contributed by atoms with Crippen molar-refractivity contribution in [2.24, 2.45) is 0 Å². The number of benzene rings is 1. The predicted octanol–water partition coefficient (Wildman–Crippen LogP) is 2.93. The monoisotopic (exact) mass is 282 g/mol. The van der Waals surface area contributed by atoms with Crippen LogP contribution in [0.1, 0.15) is 5.69 Å². The molecule has 3 rings (SSSR count). The number of furan rings is 1. The number of carbonyl (C=O) groups is 1. The van der Waals surface area contributed by atoms with E-state index < -0.39 is 0 Å². The van der Waals surface area contributed by atoms with Gasteiger partial charge < -0.3 is 14.3 Å². The zero-order valence-electron chi connectivity index (χ0n) is 11.3. The van der Waals surface area contributed by atoms with E-state index >= 15 is 0 Å². The maximum absolute atomic E-state index is 11.6. The van der Waals surface area contributed by atoms with E-state index in [1.807, 2.05) is 30.3 Å². The molecular weight excluding hydrogens is 268 g/mol. The van der Waals surface area contributed by atoms with Crippen LogP contribution in [0.2, 0.25) is 0 Å². The second kappa shape index (κ2) is 5.66. The van der Waals surface area contributed by atoms with Crippen LogP contribution < -0.4 is 5.32 Å². The standard InChI is InChI=1S/C16H14N2O3/c1-2-7-17-16(19)10-12-9-15(21-18-12)14-8-11-5-3-4-6-13(11)20-14/h2-6,8-9H,1,7,10H2,(H,17,19). The van der Waals surface area contributed by atoms with Gasteiger partial charge in [0.15, 0.2) is 5.76 Å². The summed E-state index contributed by atoms with van der Waals surface area (Å²) in [5.74, 6) is 0.985. The maximum Gasteiger partial charge on any atom is 0.226 e. The molecule has 1 N–H and O–H groups in total. The van der Waals surface area contributed by atoms with Crippen molar-refractivity contribution in [1.82, 2.24) is 10.5 Å². The number of para-hydroxylation sites is 1. The van der Waals surface area contributed by atoms with Gasteiger partial charge in [0.25, 0.3) is 0 Å². The van der Waals surface area contributed by atoms with Gasteiger partial charge in [0.2, 0.25) is 11.7 Å². The molecular formula is C16H14N2O3. The van der Waals surface area contributed by atoms with Crippen molar-refractivity contribution in [3.8, 4) is 11.5 Å². The Hall–Kier alpha value is -2.82. The number of aromatic nitrogens is 1. The number of nitrogens with one attached hydrogen (secondary N) is 1. The van der Waals surface area contributed by atoms with Crippen molar-refractivity contribution in [2.45, 2.75) is 6.42 Å². The van der Waals surface area contributed by atoms with Crippen LogP contribution in [0.15, 0.2) is 58.0 Å². The Bertz CT molecular complexity index is 753. The summed E-state index contributed by atoms with van der Waals surface area (Å²) in [5, 5.41) is 7.57. The fourth-order valence-electron chi connectivity index (χ4n) is 2.03. The number of fused-ring (bicyclic) bond motifs is 1. The zero-order chi connectivity index (χ0) is 14.7. The third kappa shape index (κ3) is 2.86. The highest BCUT2D eigenvalue weighted by atomic mass is 16.5. The molecule has 5 heteroatoms. The number of nitrogens with zero attached hydrogens (tertiary/aromatic N) is 1. The first-order chi connectivity index (χ1) is 10.3. The molecule has 0 unspecified atom stereocenters. The molecule has 1 amide bonds. The minimum absolute atomic E-state index is 0.126. The van der Waals surface area contributed by atoms with Crippen LogP contribution in [0.25, 0.3) is 22.5 Å². The van der Waals surface area contributed by atoms with Crippen molar-refractivity contribution in [1.29, 1.82) is 0 Å². The predicted molar refractivity (Wildman–Crippen MR) is 78.6 cm³/mol. The molecule has 0 fully saturated rings. The van der Waals surface area contributed by atoms with Gasteiger partial charge >= 0.3 is 0 Å². The molecule has 3 aromatic rings. The molecule has 0 saturated carbocycles. The smallest absolute Gasteiger partial charge is 0.226 e. The van der Waals surface area contributed by atoms with Crippen LogP contribution in [0, 0.1) is 0 Å². The van der Waals surface area contributed by atoms with Crippen molar-refractivity contribution in [3.63, 3.8) is 0 Å². The van der Waals surface area contributed by atoms with Gasteiger partial charge in [-0.05, 0) is 12.1 Å². The minimum atomic E-state index is -0.126. The molecule has 0 bridgehead atoms. The SMILES string of the molecule is C=CCNC(=O)Cc1cc(-c2cc3ccccc3o2)on1. The largest absolute Gasteiger partial charge is 0.453 e. The highest BCUT2D eigenvalue weighted by molar-refractivity contribution is 5.82. The first-order valence-corrected chi connectivity index (χ1v) is 6.58. The van der Waals surface area contributed by atoms with Gasteiger partial charge in [-0.15, -0.1) is 6.58 Å². The van der Waals surface area contributed by atoms with E-state index in [0.717, 1.165) is 11.0 Å². The van der Waals surface area contributed by atoms with E-state index in [1.165, 1.54) is 0 Å². The van der Waals surface area contributed by atoms with E-state index in [1.54, 1.807) is 12.1 Å². The molecule has 0 atom stereocenters. The summed E-state index contributed by atoms with van der Waals surface area (Å²) in [6.45, 7) is 3.98. The third-order valence-corrected chi connectivity index (χ3v) is 3.01. The highest BCUT2D eigenvalue weighted by Gasteiger charge is 2.13. The normalized spacial score (nSPS) is 10.7. The Morgan fingerprint density at radius 2 is 2.14 bits per heavy atom. The van der Waals surface area contributed by atoms with Gasteiger partial charge in [-0.1, -0.05) is 29.4 Å². The van der Waals surface area contributed by atoms with Gasteiger partial charge in [-0.2, -0.15) is 0 Å². The summed E-state index contributed by atoms with van der Waals surface area (Å²) >= 11 is 0. The molecule has 2 heterocycles. The Morgan fingerprint density at radius 1 is 1.29 bits per heavy atom. The summed E-state index contributed by atoms with van der Waals surface area (Å²) in [4.78, 5) is 11.6. The zero-order valence-corrected chi connectivity index (χ0v) is 11.3. The molecule has 5 nitrogen and oxygen atoms in total. The third-order valence-electron chi connectivity index (χ3n) is 3.01. The number of hydrogen-bond acceptors (Lipinski definition) is 4. The van der Waals surface area contributed by atoms with Crippen molar-refractivity contribution >= 4 is 16.9 Å². The van der Waals surface area contributed by atoms with Crippen LogP contribution in [0.5, 0.6) is 0 Å². The molecule has 2 aromatic heterocycles. The van der Waals surface area contributed by atoms with E-state index in [4.69, 9.17) is 8.94 Å². The van der Waals surface area contributed by atoms with Gasteiger partial charge in [-0.25, -0.2) is 0 Å². The average molecular weight is 282 g/mol. The Morgan fingerprint density at radius 3 is 2.95 bits per heavy atom. The summed E-state index contributed by atoms with van der Waals surface area (Å²) in [6, 6.07) is 11.3. The highest BCUT2D eigenvalue weighted by Crippen LogP contribution is 2.28. The van der Waals surface area contributed by atoms with E-state index in [2.05, 4.69) is 17.1 Å². The summed E-state index contributed by atoms with van der Waals surface area (Å²) in [5.41, 5.74) is 1.35. The first-order valence-electron chi connectivity index (χ1n) is 6.58. The fraction of sp³-hybridized carbons (Fsp3) is 0.125. The molecule has 0 aliphatic rings. The molecule has 0 aliphatic carbocycles. The second-order valence-corrected chi connectivity index (χ2v) is 4.60. The lowest BCUT2D eigenvalue weighted by molar-refractivity contribution is -0.120. The van der Waals surface area contributed by atoms with Crippen LogP contribution in [0.3, 0.4) is 0 Å². The van der Waals surface area contributed by atoms with Crippen molar-refractivity contribution < 1.29 is 13.7 Å². The molecule has 0 saturated heterocycles. The van der Waals surface area contributed by atoms with Crippen LogP contribution >= 0.6 is 0 Å². The molecule has 0 spiro atoms. The lowest BCUT2D eigenvalue weighted by atomic mass is 10.2. The van der Waals surface area contributed by atoms with Gasteiger partial charge in [0.05, 0.1) is 12.1 Å². The average Bonchev–Trinajstić information content (AvgIpc) is 3.10. The molecule has 0 aliphatic heterocycles. The quantitative estimate of drug-likeness (QED) is 0.730. The minimum Gasteiger partial charge on any atom is -0.453 e. The number of rotatable bonds is 5.